The number of hydrogen-bond donors (Lipinski definition) is 0. The van der Waals surface area contributed by atoms with E-state index in [0.29, 0.717) is 6.54 Å². The van der Waals surface area contributed by atoms with Crippen molar-refractivity contribution in [2.75, 3.05) is 12.3 Å². The predicted molar refractivity (Wildman–Crippen MR) is 56.5 cm³/mol. The third kappa shape index (κ3) is 2.01. The Morgan fingerprint density at radius 1 is 1.20 bits per heavy atom. The van der Waals surface area contributed by atoms with Crippen molar-refractivity contribution in [3.63, 3.8) is 0 Å². The summed E-state index contributed by atoms with van der Waals surface area (Å²) >= 11 is 0. The third-order valence-electron chi connectivity index (χ3n) is 3.40. The Morgan fingerprint density at radius 2 is 2.00 bits per heavy atom. The van der Waals surface area contributed by atoms with E-state index in [4.69, 9.17) is 5.26 Å². The van der Waals surface area contributed by atoms with E-state index in [1.807, 2.05) is 0 Å². The third-order valence-corrected chi connectivity index (χ3v) is 5.38. The first-order chi connectivity index (χ1) is 7.15. The van der Waals surface area contributed by atoms with Crippen molar-refractivity contribution in [2.45, 2.75) is 38.1 Å². The quantitative estimate of drug-likeness (QED) is 0.675. The van der Waals surface area contributed by atoms with E-state index in [1.165, 1.54) is 0 Å². The van der Waals surface area contributed by atoms with Gasteiger partial charge < -0.3 is 0 Å². The molecule has 0 aromatic carbocycles. The molecular formula is C10H16N2O2S. The number of hydrogen-bond acceptors (Lipinski definition) is 3. The van der Waals surface area contributed by atoms with Gasteiger partial charge in [0.2, 0.25) is 10.0 Å². The maximum Gasteiger partial charge on any atom is 0.214 e. The van der Waals surface area contributed by atoms with Gasteiger partial charge in [-0.15, -0.1) is 0 Å². The van der Waals surface area contributed by atoms with Crippen LogP contribution in [0.25, 0.3) is 0 Å². The summed E-state index contributed by atoms with van der Waals surface area (Å²) in [6.45, 7) is 0.616. The molecule has 2 atom stereocenters. The second-order valence-electron chi connectivity index (χ2n) is 4.37. The Bertz CT molecular complexity index is 371. The molecular weight excluding hydrogens is 212 g/mol. The lowest BCUT2D eigenvalue weighted by Gasteiger charge is -2.32. The lowest BCUT2D eigenvalue weighted by atomic mass is 10.1. The molecule has 2 unspecified atom stereocenters. The Morgan fingerprint density at radius 3 is 2.67 bits per heavy atom. The molecule has 2 aliphatic rings. The summed E-state index contributed by atoms with van der Waals surface area (Å²) in [5.74, 6) is 0.180. The van der Waals surface area contributed by atoms with Crippen molar-refractivity contribution in [3.05, 3.63) is 0 Å². The number of sulfonamides is 1. The lowest BCUT2D eigenvalue weighted by molar-refractivity contribution is 0.278. The molecule has 2 fully saturated rings. The topological polar surface area (TPSA) is 61.2 Å². The van der Waals surface area contributed by atoms with Gasteiger partial charge in [-0.05, 0) is 25.7 Å². The first kappa shape index (κ1) is 10.9. The summed E-state index contributed by atoms with van der Waals surface area (Å²) in [5.41, 5.74) is 0. The molecule has 0 radical (unpaired) electrons. The van der Waals surface area contributed by atoms with Gasteiger partial charge in [-0.1, -0.05) is 6.42 Å². The average molecular weight is 228 g/mol. The highest BCUT2D eigenvalue weighted by Crippen LogP contribution is 2.32. The van der Waals surface area contributed by atoms with Crippen molar-refractivity contribution in [2.24, 2.45) is 5.92 Å². The largest absolute Gasteiger partial charge is 0.214 e. The summed E-state index contributed by atoms with van der Waals surface area (Å²) < 4.78 is 25.3. The summed E-state index contributed by atoms with van der Waals surface area (Å²) in [6.07, 6.45) is 4.40. The average Bonchev–Trinajstić information content (AvgIpc) is 2.64. The van der Waals surface area contributed by atoms with Crippen molar-refractivity contribution in [1.29, 1.82) is 5.26 Å². The molecule has 0 aromatic rings. The van der Waals surface area contributed by atoms with Crippen LogP contribution < -0.4 is 0 Å². The first-order valence-corrected chi connectivity index (χ1v) is 7.15. The minimum absolute atomic E-state index is 0.0414. The summed E-state index contributed by atoms with van der Waals surface area (Å²) in [4.78, 5) is 0. The Kier molecular flexibility index (Phi) is 2.98. The van der Waals surface area contributed by atoms with Crippen LogP contribution >= 0.6 is 0 Å². The smallest absolute Gasteiger partial charge is 0.212 e. The molecule has 84 valence electrons. The van der Waals surface area contributed by atoms with Gasteiger partial charge in [-0.3, -0.25) is 0 Å². The minimum Gasteiger partial charge on any atom is -0.212 e. The van der Waals surface area contributed by atoms with Crippen LogP contribution in [0, 0.1) is 17.2 Å². The fraction of sp³-hybridized carbons (Fsp3) is 0.900. The Hall–Kier alpha value is -0.600. The maximum absolute atomic E-state index is 11.8. The maximum atomic E-state index is 11.8. The molecule has 2 rings (SSSR count). The zero-order valence-electron chi connectivity index (χ0n) is 8.72. The van der Waals surface area contributed by atoms with Crippen molar-refractivity contribution < 1.29 is 8.42 Å². The Balaban J connectivity index is 2.19. The van der Waals surface area contributed by atoms with E-state index in [1.54, 1.807) is 4.31 Å². The first-order valence-electron chi connectivity index (χ1n) is 5.54. The SMILES string of the molecule is N#CC1CCCC1N1CCCCS1(=O)=O. The molecule has 1 aliphatic carbocycles. The van der Waals surface area contributed by atoms with E-state index in [2.05, 4.69) is 6.07 Å². The number of rotatable bonds is 1. The lowest BCUT2D eigenvalue weighted by Crippen LogP contribution is -2.46. The van der Waals surface area contributed by atoms with Crippen LogP contribution in [0.1, 0.15) is 32.1 Å². The highest BCUT2D eigenvalue weighted by atomic mass is 32.2. The summed E-state index contributed by atoms with van der Waals surface area (Å²) in [7, 11) is -3.07. The molecule has 1 heterocycles. The second-order valence-corrected chi connectivity index (χ2v) is 6.41. The van der Waals surface area contributed by atoms with Crippen molar-refractivity contribution in [1.82, 2.24) is 4.31 Å². The highest BCUT2D eigenvalue weighted by molar-refractivity contribution is 7.89. The molecule has 0 amide bonds. The van der Waals surface area contributed by atoms with Crippen LogP contribution in [-0.2, 0) is 10.0 Å². The molecule has 0 N–H and O–H groups in total. The molecule has 0 spiro atoms. The van der Waals surface area contributed by atoms with Gasteiger partial charge in [0.05, 0.1) is 17.7 Å². The van der Waals surface area contributed by atoms with Crippen LogP contribution in [-0.4, -0.2) is 31.1 Å². The fourth-order valence-electron chi connectivity index (χ4n) is 2.62. The molecule has 4 nitrogen and oxygen atoms in total. The van der Waals surface area contributed by atoms with Crippen LogP contribution in [0.5, 0.6) is 0 Å². The van der Waals surface area contributed by atoms with Crippen LogP contribution in [0.15, 0.2) is 0 Å². The highest BCUT2D eigenvalue weighted by Gasteiger charge is 2.39. The van der Waals surface area contributed by atoms with Crippen LogP contribution in [0.3, 0.4) is 0 Å². The predicted octanol–water partition coefficient (Wildman–Crippen LogP) is 1.10. The number of nitrogens with zero attached hydrogens (tertiary/aromatic N) is 2. The molecule has 1 aliphatic heterocycles. The van der Waals surface area contributed by atoms with E-state index in [9.17, 15) is 8.42 Å². The monoisotopic (exact) mass is 228 g/mol. The Labute approximate surface area is 90.9 Å². The van der Waals surface area contributed by atoms with E-state index in [0.717, 1.165) is 32.1 Å². The zero-order chi connectivity index (χ0) is 10.9. The normalized spacial score (nSPS) is 36.2. The van der Waals surface area contributed by atoms with Crippen LogP contribution in [0.4, 0.5) is 0 Å². The van der Waals surface area contributed by atoms with E-state index < -0.39 is 10.0 Å². The zero-order valence-corrected chi connectivity index (χ0v) is 9.54. The van der Waals surface area contributed by atoms with E-state index >= 15 is 0 Å². The molecule has 0 aromatic heterocycles. The second kappa shape index (κ2) is 4.11. The molecule has 1 saturated heterocycles. The van der Waals surface area contributed by atoms with E-state index in [-0.39, 0.29) is 17.7 Å². The van der Waals surface area contributed by atoms with Gasteiger partial charge in [0.1, 0.15) is 0 Å². The van der Waals surface area contributed by atoms with Crippen molar-refractivity contribution >= 4 is 10.0 Å². The van der Waals surface area contributed by atoms with Gasteiger partial charge in [0.25, 0.3) is 0 Å². The molecule has 1 saturated carbocycles. The summed E-state index contributed by atoms with van der Waals surface area (Å²) in [6, 6.07) is 2.20. The summed E-state index contributed by atoms with van der Waals surface area (Å²) in [5, 5.41) is 8.97. The minimum atomic E-state index is -3.07. The molecule has 0 bridgehead atoms. The standard InChI is InChI=1S/C10H16N2O2S/c11-8-9-4-3-5-10(9)12-6-1-2-7-15(12,13)14/h9-10H,1-7H2. The van der Waals surface area contributed by atoms with Gasteiger partial charge >= 0.3 is 0 Å². The van der Waals surface area contributed by atoms with Gasteiger partial charge in [-0.25, -0.2) is 8.42 Å². The van der Waals surface area contributed by atoms with Gasteiger partial charge in [0.15, 0.2) is 0 Å². The van der Waals surface area contributed by atoms with Crippen LogP contribution in [0.2, 0.25) is 0 Å². The van der Waals surface area contributed by atoms with Gasteiger partial charge in [0, 0.05) is 12.6 Å². The molecule has 5 heteroatoms. The van der Waals surface area contributed by atoms with Crippen molar-refractivity contribution in [3.8, 4) is 6.07 Å². The molecule has 15 heavy (non-hydrogen) atoms. The number of nitriles is 1. The van der Waals surface area contributed by atoms with Gasteiger partial charge in [-0.2, -0.15) is 9.57 Å². The fourth-order valence-corrected chi connectivity index (χ4v) is 4.49.